The summed E-state index contributed by atoms with van der Waals surface area (Å²) in [5.41, 5.74) is 0.962. The van der Waals surface area contributed by atoms with Crippen molar-refractivity contribution in [1.29, 1.82) is 0 Å². The molecule has 1 unspecified atom stereocenters. The first-order chi connectivity index (χ1) is 9.76. The van der Waals surface area contributed by atoms with Crippen LogP contribution in [-0.4, -0.2) is 51.1 Å². The van der Waals surface area contributed by atoms with E-state index in [1.54, 1.807) is 12.3 Å². The number of nitrogens with zero attached hydrogens (tertiary/aromatic N) is 2. The van der Waals surface area contributed by atoms with Crippen molar-refractivity contribution in [2.45, 2.75) is 37.8 Å². The van der Waals surface area contributed by atoms with Crippen LogP contribution >= 0.6 is 0 Å². The van der Waals surface area contributed by atoms with E-state index in [-0.39, 0.29) is 6.04 Å². The van der Waals surface area contributed by atoms with Crippen LogP contribution in [0.25, 0.3) is 0 Å². The third-order valence-corrected chi connectivity index (χ3v) is 4.68. The molecule has 0 aliphatic carbocycles. The summed E-state index contributed by atoms with van der Waals surface area (Å²) in [5.74, 6) is 0. The Morgan fingerprint density at radius 1 is 1.38 bits per heavy atom. The average molecular weight is 316 g/mol. The predicted molar refractivity (Wildman–Crippen MR) is 85.7 cm³/mol. The third-order valence-electron chi connectivity index (χ3n) is 3.12. The van der Waals surface area contributed by atoms with Crippen LogP contribution in [-0.2, 0) is 23.6 Å². The van der Waals surface area contributed by atoms with Crippen LogP contribution in [0.2, 0.25) is 0 Å². The van der Waals surface area contributed by atoms with E-state index in [1.807, 2.05) is 37.5 Å². The lowest BCUT2D eigenvalue weighted by Gasteiger charge is -2.17. The molecule has 0 spiro atoms. The fourth-order valence-electron chi connectivity index (χ4n) is 2.21. The molecule has 2 N–H and O–H groups in total. The van der Waals surface area contributed by atoms with Gasteiger partial charge in [0.05, 0.1) is 4.90 Å². The first kappa shape index (κ1) is 18.2. The lowest BCUT2D eigenvalue weighted by atomic mass is 10.3. The minimum Gasteiger partial charge on any atom is -0.352 e. The van der Waals surface area contributed by atoms with Gasteiger partial charge in [0.25, 0.3) is 0 Å². The van der Waals surface area contributed by atoms with Crippen molar-refractivity contribution in [2.24, 2.45) is 7.05 Å². The Balaban J connectivity index is 2.77. The van der Waals surface area contributed by atoms with Gasteiger partial charge in [0.2, 0.25) is 10.0 Å². The van der Waals surface area contributed by atoms with Crippen LogP contribution in [0.5, 0.6) is 0 Å². The van der Waals surface area contributed by atoms with Crippen molar-refractivity contribution < 1.29 is 8.42 Å². The number of hydrogen-bond acceptors (Lipinski definition) is 4. The molecule has 0 aromatic carbocycles. The SMILES string of the molecule is CCCNCc1cc(S(=O)(=O)NC(C)CN(C)C)cn1C. The Hall–Kier alpha value is -0.890. The highest BCUT2D eigenvalue weighted by Crippen LogP contribution is 2.14. The average Bonchev–Trinajstić information content (AvgIpc) is 2.70. The molecule has 122 valence electrons. The number of likely N-dealkylation sites (N-methyl/N-ethyl adjacent to an activating group) is 1. The third kappa shape index (κ3) is 5.78. The molecule has 0 aliphatic heterocycles. The zero-order valence-electron chi connectivity index (χ0n) is 13.7. The molecule has 0 aliphatic rings. The molecule has 0 saturated carbocycles. The molecule has 1 aromatic heterocycles. The first-order valence-electron chi connectivity index (χ1n) is 7.29. The van der Waals surface area contributed by atoms with Crippen molar-refractivity contribution in [1.82, 2.24) is 19.5 Å². The number of aryl methyl sites for hydroxylation is 1. The van der Waals surface area contributed by atoms with Crippen LogP contribution in [0.15, 0.2) is 17.2 Å². The molecule has 0 bridgehead atoms. The summed E-state index contributed by atoms with van der Waals surface area (Å²) in [4.78, 5) is 2.28. The predicted octanol–water partition coefficient (Wildman–Crippen LogP) is 0.753. The summed E-state index contributed by atoms with van der Waals surface area (Å²) in [6.07, 6.45) is 2.72. The molecular weight excluding hydrogens is 288 g/mol. The van der Waals surface area contributed by atoms with Crippen molar-refractivity contribution in [3.8, 4) is 0 Å². The molecule has 0 saturated heterocycles. The topological polar surface area (TPSA) is 66.4 Å². The van der Waals surface area contributed by atoms with E-state index in [4.69, 9.17) is 0 Å². The second-order valence-corrected chi connectivity index (χ2v) is 7.45. The van der Waals surface area contributed by atoms with E-state index < -0.39 is 10.0 Å². The summed E-state index contributed by atoms with van der Waals surface area (Å²) in [5, 5.41) is 3.28. The maximum absolute atomic E-state index is 12.4. The maximum atomic E-state index is 12.4. The van der Waals surface area contributed by atoms with Crippen molar-refractivity contribution >= 4 is 10.0 Å². The number of rotatable bonds is 9. The van der Waals surface area contributed by atoms with Gasteiger partial charge in [0.1, 0.15) is 0 Å². The first-order valence-corrected chi connectivity index (χ1v) is 8.77. The quantitative estimate of drug-likeness (QED) is 0.660. The lowest BCUT2D eigenvalue weighted by molar-refractivity contribution is 0.370. The highest BCUT2D eigenvalue weighted by Gasteiger charge is 2.20. The Morgan fingerprint density at radius 3 is 2.62 bits per heavy atom. The van der Waals surface area contributed by atoms with E-state index in [9.17, 15) is 8.42 Å². The fourth-order valence-corrected chi connectivity index (χ4v) is 3.54. The van der Waals surface area contributed by atoms with Crippen molar-refractivity contribution in [3.05, 3.63) is 18.0 Å². The van der Waals surface area contributed by atoms with Crippen LogP contribution in [0, 0.1) is 0 Å². The summed E-state index contributed by atoms with van der Waals surface area (Å²) in [6, 6.07) is 1.60. The van der Waals surface area contributed by atoms with Crippen molar-refractivity contribution in [3.63, 3.8) is 0 Å². The van der Waals surface area contributed by atoms with Gasteiger partial charge >= 0.3 is 0 Å². The molecule has 0 fully saturated rings. The number of nitrogens with one attached hydrogen (secondary N) is 2. The van der Waals surface area contributed by atoms with Crippen LogP contribution in [0.1, 0.15) is 26.0 Å². The number of hydrogen-bond donors (Lipinski definition) is 2. The standard InChI is InChI=1S/C14H28N4O2S/c1-6-7-15-9-13-8-14(11-18(13)5)21(19,20)16-12(2)10-17(3)4/h8,11-12,15-16H,6-7,9-10H2,1-5H3. The molecule has 1 rings (SSSR count). The fraction of sp³-hybridized carbons (Fsp3) is 0.714. The van der Waals surface area contributed by atoms with Crippen molar-refractivity contribution in [2.75, 3.05) is 27.2 Å². The van der Waals surface area contributed by atoms with Gasteiger partial charge < -0.3 is 14.8 Å². The molecule has 7 heteroatoms. The van der Waals surface area contributed by atoms with Crippen LogP contribution < -0.4 is 10.0 Å². The van der Waals surface area contributed by atoms with Gasteiger partial charge in [-0.1, -0.05) is 6.92 Å². The monoisotopic (exact) mass is 316 g/mol. The molecule has 21 heavy (non-hydrogen) atoms. The smallest absolute Gasteiger partial charge is 0.242 e. The molecule has 1 heterocycles. The summed E-state index contributed by atoms with van der Waals surface area (Å²) < 4.78 is 29.3. The summed E-state index contributed by atoms with van der Waals surface area (Å²) in [7, 11) is 2.25. The van der Waals surface area contributed by atoms with E-state index in [2.05, 4.69) is 17.0 Å². The van der Waals surface area contributed by atoms with E-state index in [0.717, 1.165) is 18.7 Å². The largest absolute Gasteiger partial charge is 0.352 e. The van der Waals surface area contributed by atoms with Crippen LogP contribution in [0.3, 0.4) is 0 Å². The molecule has 6 nitrogen and oxygen atoms in total. The van der Waals surface area contributed by atoms with Gasteiger partial charge in [-0.15, -0.1) is 0 Å². The minimum absolute atomic E-state index is 0.133. The molecule has 0 amide bonds. The van der Waals surface area contributed by atoms with Gasteiger partial charge in [-0.2, -0.15) is 0 Å². The molecular formula is C14H28N4O2S. The Bertz CT molecular complexity index is 537. The highest BCUT2D eigenvalue weighted by atomic mass is 32.2. The van der Waals surface area contributed by atoms with E-state index in [1.165, 1.54) is 0 Å². The van der Waals surface area contributed by atoms with Gasteiger partial charge in [-0.05, 0) is 40.1 Å². The van der Waals surface area contributed by atoms with Gasteiger partial charge in [0, 0.05) is 38.1 Å². The highest BCUT2D eigenvalue weighted by molar-refractivity contribution is 7.89. The van der Waals surface area contributed by atoms with Gasteiger partial charge in [0.15, 0.2) is 0 Å². The minimum atomic E-state index is -3.46. The number of aromatic nitrogens is 1. The lowest BCUT2D eigenvalue weighted by Crippen LogP contribution is -2.39. The van der Waals surface area contributed by atoms with E-state index in [0.29, 0.717) is 18.0 Å². The summed E-state index contributed by atoms with van der Waals surface area (Å²) >= 11 is 0. The van der Waals surface area contributed by atoms with Gasteiger partial charge in [-0.25, -0.2) is 13.1 Å². The normalized spacial score (nSPS) is 13.8. The Morgan fingerprint density at radius 2 is 2.05 bits per heavy atom. The zero-order chi connectivity index (χ0) is 16.0. The Kier molecular flexibility index (Phi) is 6.86. The summed E-state index contributed by atoms with van der Waals surface area (Å²) in [6.45, 7) is 6.23. The Labute approximate surface area is 128 Å². The second-order valence-electron chi connectivity index (χ2n) is 5.74. The van der Waals surface area contributed by atoms with Gasteiger partial charge in [-0.3, -0.25) is 0 Å². The zero-order valence-corrected chi connectivity index (χ0v) is 14.5. The maximum Gasteiger partial charge on any atom is 0.242 e. The second kappa shape index (κ2) is 7.93. The molecule has 0 radical (unpaired) electrons. The van der Waals surface area contributed by atoms with Crippen LogP contribution in [0.4, 0.5) is 0 Å². The molecule has 1 atom stereocenters. The number of sulfonamides is 1. The van der Waals surface area contributed by atoms with E-state index >= 15 is 0 Å². The molecule has 1 aromatic rings.